The Morgan fingerprint density at radius 3 is 2.22 bits per heavy atom. The molecule has 0 saturated carbocycles. The van der Waals surface area contributed by atoms with E-state index >= 15 is 0 Å². The lowest BCUT2D eigenvalue weighted by atomic mass is 10.1. The number of rotatable bonds is 11. The van der Waals surface area contributed by atoms with Crippen LogP contribution < -0.4 is 19.5 Å². The van der Waals surface area contributed by atoms with Gasteiger partial charge in [0.25, 0.3) is 0 Å². The van der Waals surface area contributed by atoms with E-state index in [2.05, 4.69) is 11.4 Å². The minimum atomic E-state index is 0.214. The van der Waals surface area contributed by atoms with Crippen LogP contribution in [0.25, 0.3) is 0 Å². The maximum Gasteiger partial charge on any atom is 0.163 e. The molecule has 0 aliphatic carbocycles. The Bertz CT molecular complexity index is 1020. The first-order chi connectivity index (χ1) is 15.5. The maximum atomic E-state index is 6.54. The van der Waals surface area contributed by atoms with E-state index in [1.54, 1.807) is 31.4 Å². The van der Waals surface area contributed by atoms with Gasteiger partial charge in [-0.1, -0.05) is 59.1 Å². The van der Waals surface area contributed by atoms with Gasteiger partial charge in [-0.15, -0.1) is 0 Å². The van der Waals surface area contributed by atoms with Gasteiger partial charge in [0.2, 0.25) is 0 Å². The van der Waals surface area contributed by atoms with Crippen molar-refractivity contribution in [2.45, 2.75) is 26.5 Å². The van der Waals surface area contributed by atoms with Crippen LogP contribution in [-0.4, -0.2) is 20.3 Å². The third kappa shape index (κ3) is 6.46. The van der Waals surface area contributed by atoms with Gasteiger partial charge < -0.3 is 19.5 Å². The average Bonchev–Trinajstić information content (AvgIpc) is 2.79. The molecule has 170 valence electrons. The van der Waals surface area contributed by atoms with Gasteiger partial charge in [-0.2, -0.15) is 0 Å². The third-order valence-corrected chi connectivity index (χ3v) is 5.99. The molecule has 3 rings (SSSR count). The molecule has 3 aromatic rings. The molecule has 0 saturated heterocycles. The summed E-state index contributed by atoms with van der Waals surface area (Å²) in [5, 5.41) is 5.13. The van der Waals surface area contributed by atoms with Crippen LogP contribution in [0, 0.1) is 0 Å². The van der Waals surface area contributed by atoms with E-state index in [-0.39, 0.29) is 6.61 Å². The predicted octanol–water partition coefficient (Wildman–Crippen LogP) is 6.97. The normalized spacial score (nSPS) is 10.8. The fourth-order valence-electron chi connectivity index (χ4n) is 3.27. The molecule has 0 aromatic heterocycles. The standard InChI is InChI=1S/C25H26Cl3NO3/c1-3-31-24-13-18(15-29-12-11-17-7-4-5-10-23(17)30-2)22(28)14-25(24)32-16-19-20(26)8-6-9-21(19)27/h4-10,13-14,29H,3,11-12,15-16H2,1-2H3. The van der Waals surface area contributed by atoms with E-state index in [1.165, 1.54) is 0 Å². The van der Waals surface area contributed by atoms with E-state index in [0.29, 0.717) is 39.7 Å². The van der Waals surface area contributed by atoms with Crippen molar-refractivity contribution in [2.24, 2.45) is 0 Å². The fourth-order valence-corrected chi connectivity index (χ4v) is 4.00. The van der Waals surface area contributed by atoms with Crippen LogP contribution >= 0.6 is 34.8 Å². The molecule has 0 amide bonds. The molecule has 0 aliphatic rings. The van der Waals surface area contributed by atoms with Crippen LogP contribution in [0.4, 0.5) is 0 Å². The van der Waals surface area contributed by atoms with E-state index in [9.17, 15) is 0 Å². The molecular formula is C25H26Cl3NO3. The zero-order chi connectivity index (χ0) is 22.9. The van der Waals surface area contributed by atoms with Crippen LogP contribution in [0.2, 0.25) is 15.1 Å². The lowest BCUT2D eigenvalue weighted by molar-refractivity contribution is 0.269. The molecule has 1 N–H and O–H groups in total. The molecule has 7 heteroatoms. The number of ether oxygens (including phenoxy) is 3. The SMILES string of the molecule is CCOc1cc(CNCCc2ccccc2OC)c(Cl)cc1OCc1c(Cl)cccc1Cl. The molecule has 0 radical (unpaired) electrons. The van der Waals surface area contributed by atoms with Crippen molar-refractivity contribution in [1.29, 1.82) is 0 Å². The molecule has 0 fully saturated rings. The minimum Gasteiger partial charge on any atom is -0.496 e. The van der Waals surface area contributed by atoms with Crippen molar-refractivity contribution in [3.05, 3.63) is 86.4 Å². The smallest absolute Gasteiger partial charge is 0.163 e. The first-order valence-electron chi connectivity index (χ1n) is 10.4. The molecule has 0 heterocycles. The van der Waals surface area contributed by atoms with Gasteiger partial charge in [-0.25, -0.2) is 0 Å². The van der Waals surface area contributed by atoms with Crippen LogP contribution in [0.1, 0.15) is 23.6 Å². The van der Waals surface area contributed by atoms with Gasteiger partial charge in [0.1, 0.15) is 12.4 Å². The van der Waals surface area contributed by atoms with Gasteiger partial charge in [0.15, 0.2) is 11.5 Å². The van der Waals surface area contributed by atoms with Crippen LogP contribution in [-0.2, 0) is 19.6 Å². The highest BCUT2D eigenvalue weighted by Gasteiger charge is 2.13. The first-order valence-corrected chi connectivity index (χ1v) is 11.5. The van der Waals surface area contributed by atoms with Crippen LogP contribution in [0.15, 0.2) is 54.6 Å². The number of hydrogen-bond donors (Lipinski definition) is 1. The molecule has 32 heavy (non-hydrogen) atoms. The Labute approximate surface area is 204 Å². The molecule has 0 spiro atoms. The number of hydrogen-bond acceptors (Lipinski definition) is 4. The number of nitrogens with one attached hydrogen (secondary N) is 1. The summed E-state index contributed by atoms with van der Waals surface area (Å²) in [6, 6.07) is 17.1. The summed E-state index contributed by atoms with van der Waals surface area (Å²) in [6.45, 7) is 4.03. The predicted molar refractivity (Wildman–Crippen MR) is 132 cm³/mol. The number of benzene rings is 3. The second kappa shape index (κ2) is 12.2. The molecular weight excluding hydrogens is 469 g/mol. The van der Waals surface area contributed by atoms with Crippen molar-refractivity contribution in [1.82, 2.24) is 5.32 Å². The average molecular weight is 495 g/mol. The topological polar surface area (TPSA) is 39.7 Å². The van der Waals surface area contributed by atoms with E-state index in [0.717, 1.165) is 35.4 Å². The Morgan fingerprint density at radius 2 is 1.50 bits per heavy atom. The quantitative estimate of drug-likeness (QED) is 0.292. The Hall–Kier alpha value is -2.11. The van der Waals surface area contributed by atoms with E-state index < -0.39 is 0 Å². The number of halogens is 3. The maximum absolute atomic E-state index is 6.54. The van der Waals surface area contributed by atoms with Crippen molar-refractivity contribution < 1.29 is 14.2 Å². The summed E-state index contributed by atoms with van der Waals surface area (Å²) in [5.74, 6) is 2.07. The number of methoxy groups -OCH3 is 1. The second-order valence-electron chi connectivity index (χ2n) is 7.05. The lowest BCUT2D eigenvalue weighted by Crippen LogP contribution is -2.17. The van der Waals surface area contributed by atoms with Crippen molar-refractivity contribution in [3.8, 4) is 17.2 Å². The minimum absolute atomic E-state index is 0.214. The van der Waals surface area contributed by atoms with Crippen molar-refractivity contribution >= 4 is 34.8 Å². The first kappa shape index (κ1) is 24.5. The largest absolute Gasteiger partial charge is 0.496 e. The van der Waals surface area contributed by atoms with Gasteiger partial charge in [-0.05, 0) is 55.3 Å². The van der Waals surface area contributed by atoms with Gasteiger partial charge in [-0.3, -0.25) is 0 Å². The fraction of sp³-hybridized carbons (Fsp3) is 0.280. The summed E-state index contributed by atoms with van der Waals surface area (Å²) in [4.78, 5) is 0. The molecule has 0 bridgehead atoms. The molecule has 0 atom stereocenters. The summed E-state index contributed by atoms with van der Waals surface area (Å²) in [7, 11) is 1.69. The summed E-state index contributed by atoms with van der Waals surface area (Å²) in [5.41, 5.74) is 2.81. The van der Waals surface area contributed by atoms with Gasteiger partial charge >= 0.3 is 0 Å². The van der Waals surface area contributed by atoms with Crippen LogP contribution in [0.5, 0.6) is 17.2 Å². The monoisotopic (exact) mass is 493 g/mol. The Kier molecular flexibility index (Phi) is 9.36. The summed E-state index contributed by atoms with van der Waals surface area (Å²) < 4.78 is 17.2. The molecule has 0 unspecified atom stereocenters. The summed E-state index contributed by atoms with van der Waals surface area (Å²) in [6.07, 6.45) is 0.847. The highest BCUT2D eigenvalue weighted by atomic mass is 35.5. The van der Waals surface area contributed by atoms with E-state index in [4.69, 9.17) is 49.0 Å². The molecule has 3 aromatic carbocycles. The highest BCUT2D eigenvalue weighted by Crippen LogP contribution is 2.35. The molecule has 0 aliphatic heterocycles. The second-order valence-corrected chi connectivity index (χ2v) is 8.27. The number of para-hydroxylation sites is 1. The third-order valence-electron chi connectivity index (χ3n) is 4.93. The Balaban J connectivity index is 1.65. The molecule has 4 nitrogen and oxygen atoms in total. The van der Waals surface area contributed by atoms with Gasteiger partial charge in [0.05, 0.1) is 13.7 Å². The van der Waals surface area contributed by atoms with E-state index in [1.807, 2.05) is 31.2 Å². The lowest BCUT2D eigenvalue weighted by Gasteiger charge is -2.16. The zero-order valence-corrected chi connectivity index (χ0v) is 20.4. The van der Waals surface area contributed by atoms with Crippen molar-refractivity contribution in [3.63, 3.8) is 0 Å². The van der Waals surface area contributed by atoms with Gasteiger partial charge in [0, 0.05) is 33.2 Å². The summed E-state index contributed by atoms with van der Waals surface area (Å²) >= 11 is 19.0. The zero-order valence-electron chi connectivity index (χ0n) is 18.1. The van der Waals surface area contributed by atoms with Crippen LogP contribution in [0.3, 0.4) is 0 Å². The highest BCUT2D eigenvalue weighted by molar-refractivity contribution is 6.36. The van der Waals surface area contributed by atoms with Crippen molar-refractivity contribution in [2.75, 3.05) is 20.3 Å². The Morgan fingerprint density at radius 1 is 0.781 bits per heavy atom.